The summed E-state index contributed by atoms with van der Waals surface area (Å²) in [5, 5.41) is 0. The number of carbonyl (C=O) groups is 2. The van der Waals surface area contributed by atoms with Gasteiger partial charge in [0, 0.05) is 49.5 Å². The highest BCUT2D eigenvalue weighted by Gasteiger charge is 2.60. The summed E-state index contributed by atoms with van der Waals surface area (Å²) in [6, 6.07) is 14.4. The SMILES string of the molecule is CN1CCN(c2ccc(C(C)(C)C(=O)N(c3ccccc3)C3C4CC5CC3CC(C(N)=O)(C5)C4)cn2)CC1. The number of piperazine rings is 1. The monoisotopic (exact) mass is 515 g/mol. The second-order valence-corrected chi connectivity index (χ2v) is 12.9. The lowest BCUT2D eigenvalue weighted by molar-refractivity contribution is -0.145. The largest absolute Gasteiger partial charge is 0.369 e. The van der Waals surface area contributed by atoms with Crippen molar-refractivity contribution in [1.82, 2.24) is 9.88 Å². The molecule has 2 unspecified atom stereocenters. The number of pyridine rings is 1. The predicted molar refractivity (Wildman–Crippen MR) is 150 cm³/mol. The fourth-order valence-electron chi connectivity index (χ4n) is 8.14. The molecule has 1 saturated heterocycles. The molecule has 5 fully saturated rings. The van der Waals surface area contributed by atoms with Crippen LogP contribution in [0.3, 0.4) is 0 Å². The van der Waals surface area contributed by atoms with Crippen molar-refractivity contribution in [2.75, 3.05) is 43.0 Å². The Morgan fingerprint density at radius 1 is 0.974 bits per heavy atom. The van der Waals surface area contributed by atoms with Gasteiger partial charge in [0.2, 0.25) is 11.8 Å². The normalized spacial score (nSPS) is 30.9. The van der Waals surface area contributed by atoms with E-state index in [0.717, 1.165) is 75.4 Å². The number of aromatic nitrogens is 1. The summed E-state index contributed by atoms with van der Waals surface area (Å²) in [7, 11) is 2.15. The van der Waals surface area contributed by atoms with Gasteiger partial charge in [-0.2, -0.15) is 0 Å². The van der Waals surface area contributed by atoms with Crippen LogP contribution in [0.2, 0.25) is 0 Å². The molecule has 1 aromatic carbocycles. The lowest BCUT2D eigenvalue weighted by Gasteiger charge is -2.61. The number of para-hydroxylation sites is 1. The molecule has 4 saturated carbocycles. The third-order valence-corrected chi connectivity index (χ3v) is 10.1. The van der Waals surface area contributed by atoms with E-state index in [2.05, 4.69) is 46.0 Å². The number of rotatable bonds is 6. The number of nitrogens with two attached hydrogens (primary N) is 1. The molecule has 5 aliphatic rings. The molecule has 1 aromatic heterocycles. The molecular weight excluding hydrogens is 474 g/mol. The summed E-state index contributed by atoms with van der Waals surface area (Å²) < 4.78 is 0. The number of hydrogen-bond acceptors (Lipinski definition) is 5. The van der Waals surface area contributed by atoms with Gasteiger partial charge >= 0.3 is 0 Å². The number of anilines is 2. The minimum absolute atomic E-state index is 0.0887. The fraction of sp³-hybridized carbons (Fsp3) is 0.581. The average Bonchev–Trinajstić information content (AvgIpc) is 2.91. The predicted octanol–water partition coefficient (Wildman–Crippen LogP) is 3.82. The molecule has 4 aliphatic carbocycles. The molecule has 2 heterocycles. The molecule has 2 N–H and O–H groups in total. The zero-order chi connectivity index (χ0) is 26.7. The number of likely N-dealkylation sites (N-methyl/N-ethyl adjacent to an activating group) is 1. The summed E-state index contributed by atoms with van der Waals surface area (Å²) in [6.07, 6.45) is 6.59. The molecule has 7 nitrogen and oxygen atoms in total. The third kappa shape index (κ3) is 4.19. The average molecular weight is 516 g/mol. The van der Waals surface area contributed by atoms with Crippen molar-refractivity contribution in [3.63, 3.8) is 0 Å². The van der Waals surface area contributed by atoms with Crippen LogP contribution in [-0.4, -0.2) is 61.0 Å². The highest BCUT2D eigenvalue weighted by atomic mass is 16.2. The van der Waals surface area contributed by atoms with Crippen molar-refractivity contribution in [2.24, 2.45) is 28.9 Å². The van der Waals surface area contributed by atoms with Crippen molar-refractivity contribution < 1.29 is 9.59 Å². The lowest BCUT2D eigenvalue weighted by atomic mass is 9.47. The number of amides is 2. The maximum absolute atomic E-state index is 14.6. The molecular formula is C31H41N5O2. The number of hydrogen-bond donors (Lipinski definition) is 1. The smallest absolute Gasteiger partial charge is 0.237 e. The van der Waals surface area contributed by atoms with Crippen LogP contribution in [0.25, 0.3) is 0 Å². The summed E-state index contributed by atoms with van der Waals surface area (Å²) >= 11 is 0. The second-order valence-electron chi connectivity index (χ2n) is 12.9. The minimum Gasteiger partial charge on any atom is -0.369 e. The number of nitrogens with zero attached hydrogens (tertiary/aromatic N) is 4. The number of carbonyl (C=O) groups excluding carboxylic acids is 2. The van der Waals surface area contributed by atoms with E-state index < -0.39 is 5.41 Å². The van der Waals surface area contributed by atoms with E-state index in [1.807, 2.05) is 38.2 Å². The van der Waals surface area contributed by atoms with Crippen LogP contribution < -0.4 is 15.5 Å². The summed E-state index contributed by atoms with van der Waals surface area (Å²) in [6.45, 7) is 8.04. The molecule has 4 bridgehead atoms. The van der Waals surface area contributed by atoms with Crippen LogP contribution in [0.1, 0.15) is 51.5 Å². The van der Waals surface area contributed by atoms with E-state index in [1.165, 1.54) is 0 Å². The van der Waals surface area contributed by atoms with Gasteiger partial charge in [-0.1, -0.05) is 24.3 Å². The molecule has 38 heavy (non-hydrogen) atoms. The van der Waals surface area contributed by atoms with Crippen molar-refractivity contribution >= 4 is 23.3 Å². The van der Waals surface area contributed by atoms with Gasteiger partial charge in [-0.15, -0.1) is 0 Å². The van der Waals surface area contributed by atoms with Gasteiger partial charge in [0.05, 0.1) is 5.41 Å². The molecule has 2 amide bonds. The molecule has 1 aliphatic heterocycles. The van der Waals surface area contributed by atoms with Crippen molar-refractivity contribution in [1.29, 1.82) is 0 Å². The maximum atomic E-state index is 14.6. The summed E-state index contributed by atoms with van der Waals surface area (Å²) in [5.41, 5.74) is 6.71. The highest BCUT2D eigenvalue weighted by Crippen LogP contribution is 2.61. The molecule has 0 spiro atoms. The quantitative estimate of drug-likeness (QED) is 0.632. The molecule has 2 atom stereocenters. The van der Waals surface area contributed by atoms with Gasteiger partial charge < -0.3 is 20.4 Å². The Morgan fingerprint density at radius 3 is 2.21 bits per heavy atom. The molecule has 7 heteroatoms. The Labute approximate surface area is 226 Å². The molecule has 2 aromatic rings. The van der Waals surface area contributed by atoms with Gasteiger partial charge in [-0.05, 0) is 94.5 Å². The van der Waals surface area contributed by atoms with Crippen molar-refractivity contribution in [3.05, 3.63) is 54.2 Å². The Kier molecular flexibility index (Phi) is 6.25. The Bertz CT molecular complexity index is 1170. The van der Waals surface area contributed by atoms with E-state index in [4.69, 9.17) is 10.7 Å². The third-order valence-electron chi connectivity index (χ3n) is 10.1. The van der Waals surface area contributed by atoms with E-state index in [-0.39, 0.29) is 23.3 Å². The van der Waals surface area contributed by atoms with E-state index in [9.17, 15) is 9.59 Å². The van der Waals surface area contributed by atoms with Crippen LogP contribution in [0.5, 0.6) is 0 Å². The number of primary amides is 1. The first-order chi connectivity index (χ1) is 18.2. The van der Waals surface area contributed by atoms with E-state index in [0.29, 0.717) is 17.8 Å². The first kappa shape index (κ1) is 25.4. The first-order valence-corrected chi connectivity index (χ1v) is 14.3. The minimum atomic E-state index is -0.750. The summed E-state index contributed by atoms with van der Waals surface area (Å²) in [5.74, 6) is 2.08. The lowest BCUT2D eigenvalue weighted by Crippen LogP contribution is -2.64. The van der Waals surface area contributed by atoms with Crippen LogP contribution in [0.15, 0.2) is 48.7 Å². The summed E-state index contributed by atoms with van der Waals surface area (Å²) in [4.78, 5) is 38.7. The van der Waals surface area contributed by atoms with Gasteiger partial charge in [0.25, 0.3) is 0 Å². The topological polar surface area (TPSA) is 82.8 Å². The fourth-order valence-corrected chi connectivity index (χ4v) is 8.14. The van der Waals surface area contributed by atoms with Crippen molar-refractivity contribution in [3.8, 4) is 0 Å². The molecule has 202 valence electrons. The van der Waals surface area contributed by atoms with Gasteiger partial charge in [-0.3, -0.25) is 9.59 Å². The zero-order valence-electron chi connectivity index (χ0n) is 23.0. The van der Waals surface area contributed by atoms with Crippen LogP contribution in [0.4, 0.5) is 11.5 Å². The second kappa shape index (κ2) is 9.37. The standard InChI is InChI=1S/C31H41N5O2/c1-30(2,24-9-10-26(33-20-24)35-13-11-34(3)12-14-35)29(38)36(25-7-5-4-6-8-25)27-22-15-21-16-23(27)19-31(17-21,18-22)28(32)37/h4-10,20-23,27H,11-19H2,1-3H3,(H2,32,37). The first-order valence-electron chi connectivity index (χ1n) is 14.3. The zero-order valence-corrected chi connectivity index (χ0v) is 23.0. The van der Waals surface area contributed by atoms with Crippen LogP contribution in [-0.2, 0) is 15.0 Å². The van der Waals surface area contributed by atoms with Gasteiger partial charge in [0.1, 0.15) is 5.82 Å². The Morgan fingerprint density at radius 2 is 1.63 bits per heavy atom. The number of benzene rings is 1. The van der Waals surface area contributed by atoms with E-state index in [1.54, 1.807) is 0 Å². The van der Waals surface area contributed by atoms with Gasteiger partial charge in [0.15, 0.2) is 0 Å². The maximum Gasteiger partial charge on any atom is 0.237 e. The van der Waals surface area contributed by atoms with Crippen LogP contribution in [0, 0.1) is 23.2 Å². The van der Waals surface area contributed by atoms with Crippen LogP contribution >= 0.6 is 0 Å². The molecule has 7 rings (SSSR count). The Hall–Kier alpha value is -2.93. The van der Waals surface area contributed by atoms with Crippen molar-refractivity contribution in [2.45, 2.75) is 57.4 Å². The Balaban J connectivity index is 1.31. The van der Waals surface area contributed by atoms with E-state index >= 15 is 0 Å². The van der Waals surface area contributed by atoms with Gasteiger partial charge in [-0.25, -0.2) is 4.98 Å². The molecule has 0 radical (unpaired) electrons. The highest BCUT2D eigenvalue weighted by molar-refractivity contribution is 6.01.